The molecule has 2 aliphatic heterocycles. The molecule has 0 saturated carbocycles. The molecule has 8 aromatic carbocycles. The summed E-state index contributed by atoms with van der Waals surface area (Å²) in [5.41, 5.74) is 10.6. The van der Waals surface area contributed by atoms with Crippen molar-refractivity contribution in [3.05, 3.63) is 267 Å². The molecule has 16 rings (SSSR count). The number of fused-ring (bicyclic) bond motifs is 10. The van der Waals surface area contributed by atoms with Gasteiger partial charge in [-0.05, 0) is 96.4 Å². The zero-order valence-corrected chi connectivity index (χ0v) is 41.1. The molecule has 10 heteroatoms. The minimum Gasteiger partial charge on any atom is -0.482 e. The van der Waals surface area contributed by atoms with Crippen molar-refractivity contribution in [2.75, 3.05) is 10.6 Å². The van der Waals surface area contributed by atoms with Crippen molar-refractivity contribution < 1.29 is 4.74 Å². The van der Waals surface area contributed by atoms with Gasteiger partial charge in [0.05, 0.1) is 67.8 Å². The smallest absolute Gasteiger partial charge is 0.143 e. The molecule has 12 aromatic rings. The monoisotopic (exact) mass is 980 g/mol. The van der Waals surface area contributed by atoms with E-state index in [-0.39, 0.29) is 12.1 Å². The number of ether oxygens (including phenoxy) is 1. The van der Waals surface area contributed by atoms with Crippen molar-refractivity contribution in [2.45, 2.75) is 28.3 Å². The third-order valence-corrected chi connectivity index (χ3v) is 13.9. The average molecular weight is 981 g/mol. The lowest BCUT2D eigenvalue weighted by atomic mass is 10.0. The lowest BCUT2D eigenvalue weighted by Crippen LogP contribution is -2.39. The van der Waals surface area contributed by atoms with Crippen LogP contribution >= 0.6 is 11.8 Å². The van der Waals surface area contributed by atoms with Gasteiger partial charge >= 0.3 is 0 Å². The minimum absolute atomic E-state index is 0.134. The van der Waals surface area contributed by atoms with Gasteiger partial charge in [0.2, 0.25) is 0 Å². The predicted octanol–water partition coefficient (Wildman–Crippen LogP) is 15.3. The van der Waals surface area contributed by atoms with E-state index in [1.54, 1.807) is 0 Å². The number of hydrogen-bond donors (Lipinski definition) is 4. The highest BCUT2D eigenvalue weighted by Gasteiger charge is 2.27. The number of hydrogen-bond acceptors (Lipinski definition) is 8. The van der Waals surface area contributed by atoms with E-state index in [9.17, 15) is 0 Å². The topological polar surface area (TPSA) is 116 Å². The van der Waals surface area contributed by atoms with Crippen molar-refractivity contribution >= 4 is 88.8 Å². The van der Waals surface area contributed by atoms with Crippen LogP contribution in [0.4, 0.5) is 11.4 Å². The SMILES string of the molecule is C1=CC2Nc3ccccc3OC2C=C1.C1=CC2Nc3ccccc3SC2C=C1.c1ccc2[nH]ccc2c1.c1ccc2[nH]ncc2c1.c1ccc2nc3ccccc3cc2c1.c1ccc2nc3ccccc3nc2c1. The Morgan fingerprint density at radius 1 is 0.405 bits per heavy atom. The molecule has 0 amide bonds. The summed E-state index contributed by atoms with van der Waals surface area (Å²) in [6.45, 7) is 0. The van der Waals surface area contributed by atoms with Crippen LogP contribution in [0.25, 0.3) is 65.7 Å². The number of aromatic nitrogens is 6. The van der Waals surface area contributed by atoms with E-state index in [1.165, 1.54) is 32.3 Å². The van der Waals surface area contributed by atoms with Gasteiger partial charge < -0.3 is 20.4 Å². The largest absolute Gasteiger partial charge is 0.482 e. The number of nitrogens with zero attached hydrogens (tertiary/aromatic N) is 4. The number of para-hydroxylation sites is 11. The zero-order chi connectivity index (χ0) is 49.7. The van der Waals surface area contributed by atoms with Gasteiger partial charge in [0.1, 0.15) is 11.9 Å². The molecular formula is C64H52N8OS. The molecule has 2 aliphatic carbocycles. The molecule has 4 N–H and O–H groups in total. The zero-order valence-electron chi connectivity index (χ0n) is 40.3. The van der Waals surface area contributed by atoms with Crippen LogP contribution in [0.1, 0.15) is 0 Å². The Kier molecular flexibility index (Phi) is 14.6. The van der Waals surface area contributed by atoms with E-state index >= 15 is 0 Å². The number of allylic oxidation sites excluding steroid dienone is 4. The quantitative estimate of drug-likeness (QED) is 0.111. The number of H-pyrrole nitrogens is 2. The van der Waals surface area contributed by atoms with Gasteiger partial charge in [-0.15, -0.1) is 11.8 Å². The number of benzene rings is 8. The van der Waals surface area contributed by atoms with E-state index in [2.05, 4.69) is 138 Å². The standard InChI is InChI=1S/C13H9N.C12H8N2.C12H11NO.C12H11NS.C8H7N.C7H6N2/c1-3-7-12-10(5-1)9-11-6-2-4-8-13(11)14-12;1-2-6-10-9(5-1)13-11-7-3-4-8-12(11)14-10;2*1-3-7-11-9(5-1)13-10-6-2-4-8-12(10)14-11;1-2-4-8-7(3-1)5-6-9-8;1-2-4-7-6(3-1)5-8-9-7/h1-9H;1-8H;2*1-9,11,13H;1-6,9H;1-5H,(H,8,9). The van der Waals surface area contributed by atoms with Gasteiger partial charge in [-0.3, -0.25) is 5.10 Å². The second-order valence-corrected chi connectivity index (χ2v) is 18.9. The van der Waals surface area contributed by atoms with E-state index in [1.807, 2.05) is 182 Å². The van der Waals surface area contributed by atoms with Gasteiger partial charge in [-0.1, -0.05) is 164 Å². The normalized spacial score (nSPS) is 17.0. The second kappa shape index (κ2) is 22.9. The molecule has 9 nitrogen and oxygen atoms in total. The van der Waals surface area contributed by atoms with Gasteiger partial charge in [-0.25, -0.2) is 15.0 Å². The molecule has 74 heavy (non-hydrogen) atoms. The van der Waals surface area contributed by atoms with Gasteiger partial charge in [0.15, 0.2) is 0 Å². The van der Waals surface area contributed by atoms with E-state index < -0.39 is 0 Å². The fourth-order valence-electron chi connectivity index (χ4n) is 8.85. The second-order valence-electron chi connectivity index (χ2n) is 17.6. The molecule has 360 valence electrons. The molecule has 0 radical (unpaired) electrons. The van der Waals surface area contributed by atoms with Crippen molar-refractivity contribution in [3.8, 4) is 5.75 Å². The van der Waals surface area contributed by atoms with Crippen LogP contribution in [-0.2, 0) is 0 Å². The van der Waals surface area contributed by atoms with E-state index in [4.69, 9.17) is 4.74 Å². The third-order valence-electron chi connectivity index (χ3n) is 12.6. The molecule has 4 unspecified atom stereocenters. The van der Waals surface area contributed by atoms with Crippen molar-refractivity contribution in [1.82, 2.24) is 30.1 Å². The Hall–Kier alpha value is -9.25. The van der Waals surface area contributed by atoms with Crippen molar-refractivity contribution in [2.24, 2.45) is 0 Å². The molecule has 6 heterocycles. The maximum absolute atomic E-state index is 5.84. The van der Waals surface area contributed by atoms with Crippen LogP contribution in [0.15, 0.2) is 272 Å². The van der Waals surface area contributed by atoms with Gasteiger partial charge in [0, 0.05) is 38.5 Å². The molecule has 4 aromatic heterocycles. The van der Waals surface area contributed by atoms with Crippen LogP contribution in [-0.4, -0.2) is 53.6 Å². The number of anilines is 2. The first-order valence-corrected chi connectivity index (χ1v) is 25.6. The van der Waals surface area contributed by atoms with Crippen LogP contribution in [0.2, 0.25) is 0 Å². The lowest BCUT2D eigenvalue weighted by Gasteiger charge is -2.32. The number of thioether (sulfide) groups is 1. The lowest BCUT2D eigenvalue weighted by molar-refractivity contribution is 0.229. The molecular weight excluding hydrogens is 929 g/mol. The third kappa shape index (κ3) is 11.4. The van der Waals surface area contributed by atoms with E-state index in [0.717, 1.165) is 55.4 Å². The number of rotatable bonds is 0. The van der Waals surface area contributed by atoms with Crippen molar-refractivity contribution in [1.29, 1.82) is 0 Å². The Balaban J connectivity index is 0.0000000962. The summed E-state index contributed by atoms with van der Waals surface area (Å²) in [4.78, 5) is 18.1. The highest BCUT2D eigenvalue weighted by molar-refractivity contribution is 8.00. The summed E-state index contributed by atoms with van der Waals surface area (Å²) < 4.78 is 5.84. The average Bonchev–Trinajstić information content (AvgIpc) is 4.17. The summed E-state index contributed by atoms with van der Waals surface area (Å²) in [7, 11) is 0. The van der Waals surface area contributed by atoms with Gasteiger partial charge in [0.25, 0.3) is 0 Å². The highest BCUT2D eigenvalue weighted by Crippen LogP contribution is 2.39. The van der Waals surface area contributed by atoms with Crippen LogP contribution < -0.4 is 15.4 Å². The first kappa shape index (κ1) is 47.1. The Morgan fingerprint density at radius 2 is 0.905 bits per heavy atom. The minimum atomic E-state index is 0.134. The number of nitrogens with one attached hydrogen (secondary N) is 4. The first-order valence-electron chi connectivity index (χ1n) is 24.7. The molecule has 0 spiro atoms. The fourth-order valence-corrected chi connectivity index (χ4v) is 10.0. The summed E-state index contributed by atoms with van der Waals surface area (Å²) in [5, 5.41) is 19.1. The Labute approximate surface area is 433 Å². The van der Waals surface area contributed by atoms with E-state index in [0.29, 0.717) is 11.3 Å². The summed E-state index contributed by atoms with van der Waals surface area (Å²) >= 11 is 1.94. The summed E-state index contributed by atoms with van der Waals surface area (Å²) in [6, 6.07) is 70.0. The van der Waals surface area contributed by atoms with Crippen LogP contribution in [0.3, 0.4) is 0 Å². The Bertz CT molecular complexity index is 3350. The maximum atomic E-state index is 5.84. The maximum Gasteiger partial charge on any atom is 0.143 e. The predicted molar refractivity (Wildman–Crippen MR) is 309 cm³/mol. The molecule has 0 saturated heterocycles. The Morgan fingerprint density at radius 3 is 1.58 bits per heavy atom. The summed E-state index contributed by atoms with van der Waals surface area (Å²) in [5.74, 6) is 0.939. The van der Waals surface area contributed by atoms with Crippen molar-refractivity contribution in [3.63, 3.8) is 0 Å². The molecule has 0 bridgehead atoms. The molecule has 4 atom stereocenters. The summed E-state index contributed by atoms with van der Waals surface area (Å²) in [6.07, 6.45) is 20.9. The number of aromatic amines is 2. The van der Waals surface area contributed by atoms with Crippen LogP contribution in [0, 0.1) is 0 Å². The molecule has 0 fully saturated rings. The molecule has 4 aliphatic rings. The van der Waals surface area contributed by atoms with Crippen LogP contribution in [0.5, 0.6) is 5.75 Å². The first-order chi connectivity index (χ1) is 36.7. The van der Waals surface area contributed by atoms with Gasteiger partial charge in [-0.2, -0.15) is 5.10 Å². The fraction of sp³-hybridized carbons (Fsp3) is 0.0625. The number of pyridine rings is 1. The highest BCUT2D eigenvalue weighted by atomic mass is 32.2.